The maximum atomic E-state index is 14.7. The molecule has 1 saturated heterocycles. The smallest absolute Gasteiger partial charge is 0.266 e. The Labute approximate surface area is 176 Å². The van der Waals surface area contributed by atoms with Crippen LogP contribution in [0.2, 0.25) is 0 Å². The van der Waals surface area contributed by atoms with Gasteiger partial charge in [0.2, 0.25) is 5.96 Å². The van der Waals surface area contributed by atoms with Crippen LogP contribution in [-0.2, 0) is 0 Å². The van der Waals surface area contributed by atoms with Crippen molar-refractivity contribution in [2.24, 2.45) is 15.9 Å². The van der Waals surface area contributed by atoms with E-state index >= 15 is 0 Å². The first-order chi connectivity index (χ1) is 14.7. The first-order valence-corrected chi connectivity index (χ1v) is 10.2. The van der Waals surface area contributed by atoms with Crippen molar-refractivity contribution in [1.82, 2.24) is 15.3 Å². The molecule has 0 aromatic heterocycles. The van der Waals surface area contributed by atoms with E-state index in [1.54, 1.807) is 18.0 Å². The van der Waals surface area contributed by atoms with Gasteiger partial charge >= 0.3 is 0 Å². The standard InChI is InChI=1S/C21H21F4N5O/c1-11-6-16(30-20(28-11)26-10-27-30)13-7-21(24,25)9-29(8-13)19(31)15-5-4-14(12-2-3-12)17(22)18(15)23/h4-6,12-13,27H,2-3,7-10H2,1H3. The topological polar surface area (TPSA) is 60.3 Å². The molecule has 1 aromatic rings. The Hall–Kier alpha value is -2.75. The normalized spacial score (nSPS) is 25.1. The average molecular weight is 435 g/mol. The number of amides is 1. The molecule has 1 atom stereocenters. The minimum atomic E-state index is -3.18. The van der Waals surface area contributed by atoms with Gasteiger partial charge in [0, 0.05) is 30.3 Å². The van der Waals surface area contributed by atoms with Crippen LogP contribution in [0.5, 0.6) is 0 Å². The van der Waals surface area contributed by atoms with E-state index in [1.807, 2.05) is 0 Å². The fourth-order valence-electron chi connectivity index (χ4n) is 4.44. The molecule has 164 valence electrons. The molecule has 0 radical (unpaired) electrons. The van der Waals surface area contributed by atoms with Crippen LogP contribution in [0.4, 0.5) is 17.6 Å². The Morgan fingerprint density at radius 1 is 1.19 bits per heavy atom. The zero-order chi connectivity index (χ0) is 21.9. The highest BCUT2D eigenvalue weighted by Crippen LogP contribution is 2.42. The minimum absolute atomic E-state index is 0.0330. The number of fused-ring (bicyclic) bond motifs is 1. The second-order valence-corrected chi connectivity index (χ2v) is 8.48. The van der Waals surface area contributed by atoms with Crippen molar-refractivity contribution < 1.29 is 22.4 Å². The second-order valence-electron chi connectivity index (χ2n) is 8.48. The first-order valence-electron chi connectivity index (χ1n) is 10.2. The summed E-state index contributed by atoms with van der Waals surface area (Å²) in [7, 11) is 0. The lowest BCUT2D eigenvalue weighted by molar-refractivity contribution is -0.0725. The molecule has 1 unspecified atom stereocenters. The summed E-state index contributed by atoms with van der Waals surface area (Å²) in [5.74, 6) is -6.82. The highest BCUT2D eigenvalue weighted by atomic mass is 19.3. The van der Waals surface area contributed by atoms with Crippen LogP contribution in [0.25, 0.3) is 0 Å². The number of benzene rings is 1. The van der Waals surface area contributed by atoms with Gasteiger partial charge in [-0.2, -0.15) is 0 Å². The number of hydrogen-bond donors (Lipinski definition) is 1. The highest BCUT2D eigenvalue weighted by Gasteiger charge is 2.46. The van der Waals surface area contributed by atoms with Gasteiger partial charge in [0.25, 0.3) is 11.8 Å². The van der Waals surface area contributed by atoms with Crippen molar-refractivity contribution in [2.75, 3.05) is 19.8 Å². The summed E-state index contributed by atoms with van der Waals surface area (Å²) >= 11 is 0. The molecule has 1 aromatic carbocycles. The number of guanidine groups is 1. The lowest BCUT2D eigenvalue weighted by Gasteiger charge is -2.41. The van der Waals surface area contributed by atoms with Crippen LogP contribution < -0.4 is 5.43 Å². The van der Waals surface area contributed by atoms with Crippen LogP contribution in [-0.4, -0.2) is 53.2 Å². The molecule has 1 saturated carbocycles. The Morgan fingerprint density at radius 2 is 1.97 bits per heavy atom. The number of alkyl halides is 2. The molecule has 5 rings (SSSR count). The van der Waals surface area contributed by atoms with Gasteiger partial charge in [-0.15, -0.1) is 0 Å². The van der Waals surface area contributed by atoms with Gasteiger partial charge in [0.1, 0.15) is 6.67 Å². The largest absolute Gasteiger partial charge is 0.332 e. The van der Waals surface area contributed by atoms with Crippen LogP contribution >= 0.6 is 0 Å². The summed E-state index contributed by atoms with van der Waals surface area (Å²) in [6, 6.07) is 2.60. The molecule has 4 aliphatic rings. The van der Waals surface area contributed by atoms with Crippen LogP contribution in [0.1, 0.15) is 48.0 Å². The van der Waals surface area contributed by atoms with E-state index in [4.69, 9.17) is 0 Å². The summed E-state index contributed by atoms with van der Waals surface area (Å²) in [4.78, 5) is 22.3. The van der Waals surface area contributed by atoms with Gasteiger partial charge in [-0.25, -0.2) is 38.0 Å². The third-order valence-corrected chi connectivity index (χ3v) is 6.01. The number of allylic oxidation sites excluding steroid dienone is 1. The zero-order valence-corrected chi connectivity index (χ0v) is 16.8. The van der Waals surface area contributed by atoms with Crippen molar-refractivity contribution in [3.05, 3.63) is 46.7 Å². The Balaban J connectivity index is 1.44. The molecule has 0 spiro atoms. The van der Waals surface area contributed by atoms with Crippen LogP contribution in [0.3, 0.4) is 0 Å². The van der Waals surface area contributed by atoms with Crippen molar-refractivity contribution >= 4 is 17.6 Å². The number of likely N-dealkylation sites (tertiary alicyclic amines) is 1. The minimum Gasteiger partial charge on any atom is -0.332 e. The van der Waals surface area contributed by atoms with E-state index < -0.39 is 47.9 Å². The predicted molar refractivity (Wildman–Crippen MR) is 106 cm³/mol. The summed E-state index contributed by atoms with van der Waals surface area (Å²) in [5.41, 5.74) is 3.83. The monoisotopic (exact) mass is 435 g/mol. The number of nitrogens with zero attached hydrogens (tertiary/aromatic N) is 4. The molecule has 1 amide bonds. The number of halogens is 4. The van der Waals surface area contributed by atoms with E-state index in [0.717, 1.165) is 17.7 Å². The summed E-state index contributed by atoms with van der Waals surface area (Å²) < 4.78 is 58.4. The third kappa shape index (κ3) is 3.62. The predicted octanol–water partition coefficient (Wildman–Crippen LogP) is 3.43. The van der Waals surface area contributed by atoms with Crippen molar-refractivity contribution in [2.45, 2.75) is 38.0 Å². The third-order valence-electron chi connectivity index (χ3n) is 6.01. The van der Waals surface area contributed by atoms with E-state index in [1.165, 1.54) is 12.1 Å². The highest BCUT2D eigenvalue weighted by molar-refractivity contribution is 6.05. The fraction of sp³-hybridized carbons (Fsp3) is 0.476. The number of hydrazine groups is 1. The first kappa shape index (κ1) is 20.2. The molecule has 6 nitrogen and oxygen atoms in total. The Kier molecular flexibility index (Phi) is 4.65. The maximum Gasteiger partial charge on any atom is 0.266 e. The molecule has 10 heteroatoms. The molecular weight excluding hydrogens is 414 g/mol. The van der Waals surface area contributed by atoms with Gasteiger partial charge in [-0.05, 0) is 43.4 Å². The van der Waals surface area contributed by atoms with Crippen LogP contribution in [0.15, 0.2) is 33.9 Å². The lowest BCUT2D eigenvalue weighted by Crippen LogP contribution is -2.53. The van der Waals surface area contributed by atoms with Crippen LogP contribution in [0, 0.1) is 17.6 Å². The zero-order valence-electron chi connectivity index (χ0n) is 16.8. The molecule has 1 aliphatic carbocycles. The molecule has 1 N–H and O–H groups in total. The quantitative estimate of drug-likeness (QED) is 0.741. The van der Waals surface area contributed by atoms with E-state index in [2.05, 4.69) is 15.4 Å². The molecule has 3 heterocycles. The number of hydrogen-bond acceptors (Lipinski definition) is 5. The van der Waals surface area contributed by atoms with E-state index in [0.29, 0.717) is 17.4 Å². The number of carbonyl (C=O) groups is 1. The van der Waals surface area contributed by atoms with E-state index in [9.17, 15) is 22.4 Å². The van der Waals surface area contributed by atoms with Crippen molar-refractivity contribution in [3.8, 4) is 0 Å². The number of carbonyl (C=O) groups excluding carboxylic acids is 1. The average Bonchev–Trinajstić information content (AvgIpc) is 3.44. The molecule has 3 aliphatic heterocycles. The Morgan fingerprint density at radius 3 is 2.71 bits per heavy atom. The SMILES string of the molecule is CC1=NC2=NCNN2C(C2CN(C(=O)c3ccc(C4CC4)c(F)c3F)CC(F)(F)C2)=C1. The maximum absolute atomic E-state index is 14.7. The van der Waals surface area contributed by atoms with Gasteiger partial charge < -0.3 is 4.90 Å². The lowest BCUT2D eigenvalue weighted by atomic mass is 9.90. The summed E-state index contributed by atoms with van der Waals surface area (Å²) in [6.45, 7) is 1.11. The van der Waals surface area contributed by atoms with Gasteiger partial charge in [0.05, 0.1) is 12.1 Å². The van der Waals surface area contributed by atoms with Crippen molar-refractivity contribution in [3.63, 3.8) is 0 Å². The molecule has 2 fully saturated rings. The fourth-order valence-corrected chi connectivity index (χ4v) is 4.44. The van der Waals surface area contributed by atoms with Gasteiger partial charge in [0.15, 0.2) is 11.6 Å². The van der Waals surface area contributed by atoms with Gasteiger partial charge in [-0.1, -0.05) is 6.07 Å². The molecular formula is C21H21F4N5O. The molecule has 31 heavy (non-hydrogen) atoms. The summed E-state index contributed by atoms with van der Waals surface area (Å²) in [6.07, 6.45) is 2.75. The van der Waals surface area contributed by atoms with E-state index in [-0.39, 0.29) is 24.7 Å². The summed E-state index contributed by atoms with van der Waals surface area (Å²) in [5, 5.41) is 1.55. The number of piperidine rings is 1. The number of aliphatic imine (C=N–C) groups is 2. The number of nitrogens with one attached hydrogen (secondary N) is 1. The Bertz CT molecular complexity index is 1050. The second kappa shape index (κ2) is 7.15. The molecule has 0 bridgehead atoms. The van der Waals surface area contributed by atoms with Gasteiger partial charge in [-0.3, -0.25) is 4.79 Å². The number of rotatable bonds is 3. The van der Waals surface area contributed by atoms with Crippen molar-refractivity contribution in [1.29, 1.82) is 0 Å².